The van der Waals surface area contributed by atoms with Gasteiger partial charge in [0.25, 0.3) is 0 Å². The number of carbonyl (C=O) groups is 1. The van der Waals surface area contributed by atoms with E-state index in [1.54, 1.807) is 14.2 Å². The van der Waals surface area contributed by atoms with Gasteiger partial charge in [0.15, 0.2) is 0 Å². The Hall–Kier alpha value is -2.43. The Kier molecular flexibility index (Phi) is 4.55. The molecule has 1 atom stereocenters. The molecule has 1 N–H and O–H groups in total. The molecule has 0 aliphatic carbocycles. The van der Waals surface area contributed by atoms with Crippen molar-refractivity contribution in [2.24, 2.45) is 0 Å². The maximum atomic E-state index is 12.8. The number of nitrogens with one attached hydrogen (secondary N) is 1. The summed E-state index contributed by atoms with van der Waals surface area (Å²) in [6, 6.07) is 9.75. The zero-order valence-corrected chi connectivity index (χ0v) is 13.5. The Morgan fingerprint density at radius 2 is 2.17 bits per heavy atom. The fraction of sp³-hybridized carbons (Fsp3) is 0.389. The van der Waals surface area contributed by atoms with Gasteiger partial charge in [0.2, 0.25) is 5.91 Å². The number of nitrogens with zero attached hydrogens (tertiary/aromatic N) is 1. The Morgan fingerprint density at radius 1 is 1.30 bits per heavy atom. The molecule has 5 nitrogen and oxygen atoms in total. The van der Waals surface area contributed by atoms with Crippen molar-refractivity contribution >= 4 is 5.91 Å². The van der Waals surface area contributed by atoms with Gasteiger partial charge in [-0.15, -0.1) is 0 Å². The third kappa shape index (κ3) is 3.18. The molecular weight excluding hydrogens is 292 g/mol. The van der Waals surface area contributed by atoms with Crippen LogP contribution in [-0.2, 0) is 11.2 Å². The summed E-state index contributed by atoms with van der Waals surface area (Å²) in [6.45, 7) is 0.807. The number of methoxy groups -OCH3 is 2. The number of hydrogen-bond acceptors (Lipinski definition) is 3. The fourth-order valence-electron chi connectivity index (χ4n) is 3.20. The number of benzene rings is 1. The number of aromatic nitrogens is 1. The molecule has 1 saturated heterocycles. The van der Waals surface area contributed by atoms with Crippen LogP contribution in [0.4, 0.5) is 0 Å². The summed E-state index contributed by atoms with van der Waals surface area (Å²) in [5.74, 6) is 1.54. The third-order valence-electron chi connectivity index (χ3n) is 4.39. The monoisotopic (exact) mass is 314 g/mol. The van der Waals surface area contributed by atoms with Gasteiger partial charge in [-0.3, -0.25) is 4.79 Å². The zero-order valence-electron chi connectivity index (χ0n) is 13.5. The average Bonchev–Trinajstić information content (AvgIpc) is 3.25. The number of aromatic amines is 1. The number of likely N-dealkylation sites (tertiary alicyclic amines) is 1. The Morgan fingerprint density at radius 3 is 2.87 bits per heavy atom. The highest BCUT2D eigenvalue weighted by atomic mass is 16.5. The molecule has 1 aromatic carbocycles. The van der Waals surface area contributed by atoms with Crippen molar-refractivity contribution in [3.05, 3.63) is 47.8 Å². The molecule has 0 unspecified atom stereocenters. The maximum absolute atomic E-state index is 12.8. The number of ether oxygens (including phenoxy) is 2. The largest absolute Gasteiger partial charge is 0.497 e. The van der Waals surface area contributed by atoms with E-state index < -0.39 is 0 Å². The standard InChI is InChI=1S/C18H22N2O3/c1-22-14-8-7-13(17(12-14)23-2)11-18(21)20-10-4-6-16(20)15-5-3-9-19-15/h3,5,7-9,12,16,19H,4,6,10-11H2,1-2H3/t16-/m0/s1. The lowest BCUT2D eigenvalue weighted by Gasteiger charge is -2.24. The maximum Gasteiger partial charge on any atom is 0.227 e. The predicted octanol–water partition coefficient (Wildman–Crippen LogP) is 2.94. The van der Waals surface area contributed by atoms with Crippen molar-refractivity contribution < 1.29 is 14.3 Å². The number of H-pyrrole nitrogens is 1. The quantitative estimate of drug-likeness (QED) is 0.923. The first kappa shape index (κ1) is 15.5. The summed E-state index contributed by atoms with van der Waals surface area (Å²) in [6.07, 6.45) is 4.29. The van der Waals surface area contributed by atoms with Crippen LogP contribution in [0.15, 0.2) is 36.5 Å². The van der Waals surface area contributed by atoms with Crippen LogP contribution in [0.5, 0.6) is 11.5 Å². The van der Waals surface area contributed by atoms with E-state index in [9.17, 15) is 4.79 Å². The molecule has 5 heteroatoms. The van der Waals surface area contributed by atoms with Gasteiger partial charge in [-0.2, -0.15) is 0 Å². The molecule has 2 heterocycles. The second-order valence-electron chi connectivity index (χ2n) is 5.73. The van der Waals surface area contributed by atoms with E-state index in [2.05, 4.69) is 4.98 Å². The Labute approximate surface area is 136 Å². The minimum atomic E-state index is 0.130. The topological polar surface area (TPSA) is 54.6 Å². The molecule has 0 bridgehead atoms. The van der Waals surface area contributed by atoms with Crippen LogP contribution < -0.4 is 9.47 Å². The molecule has 0 saturated carbocycles. The van der Waals surface area contributed by atoms with Crippen molar-refractivity contribution in [2.75, 3.05) is 20.8 Å². The predicted molar refractivity (Wildman–Crippen MR) is 87.7 cm³/mol. The van der Waals surface area contributed by atoms with E-state index in [1.807, 2.05) is 41.4 Å². The minimum Gasteiger partial charge on any atom is -0.497 e. The highest BCUT2D eigenvalue weighted by Crippen LogP contribution is 2.32. The lowest BCUT2D eigenvalue weighted by atomic mass is 10.1. The SMILES string of the molecule is COc1ccc(CC(=O)N2CCC[C@H]2c2ccc[nH]2)c(OC)c1. The zero-order chi connectivity index (χ0) is 16.2. The normalized spacial score (nSPS) is 17.3. The molecule has 1 aromatic heterocycles. The van der Waals surface area contributed by atoms with Crippen LogP contribution in [0.1, 0.15) is 30.1 Å². The van der Waals surface area contributed by atoms with Gasteiger partial charge in [0.05, 0.1) is 26.7 Å². The smallest absolute Gasteiger partial charge is 0.227 e. The van der Waals surface area contributed by atoms with Crippen LogP contribution in [0, 0.1) is 0 Å². The number of rotatable bonds is 5. The van der Waals surface area contributed by atoms with Crippen molar-refractivity contribution in [2.45, 2.75) is 25.3 Å². The summed E-state index contributed by atoms with van der Waals surface area (Å²) in [4.78, 5) is 18.0. The van der Waals surface area contributed by atoms with Gasteiger partial charge in [0, 0.05) is 30.1 Å². The first-order chi connectivity index (χ1) is 11.2. The Balaban J connectivity index is 1.76. The van der Waals surface area contributed by atoms with E-state index in [4.69, 9.17) is 9.47 Å². The Bertz CT molecular complexity index is 667. The van der Waals surface area contributed by atoms with Crippen molar-refractivity contribution in [3.63, 3.8) is 0 Å². The molecule has 0 radical (unpaired) electrons. The van der Waals surface area contributed by atoms with Crippen molar-refractivity contribution in [1.82, 2.24) is 9.88 Å². The summed E-state index contributed by atoms with van der Waals surface area (Å²) in [7, 11) is 3.23. The molecule has 1 fully saturated rings. The van der Waals surface area contributed by atoms with Gasteiger partial charge in [-0.1, -0.05) is 6.07 Å². The first-order valence-electron chi connectivity index (χ1n) is 7.86. The molecule has 122 valence electrons. The molecule has 2 aromatic rings. The van der Waals surface area contributed by atoms with E-state index >= 15 is 0 Å². The summed E-state index contributed by atoms with van der Waals surface area (Å²) in [5.41, 5.74) is 1.99. The summed E-state index contributed by atoms with van der Waals surface area (Å²) < 4.78 is 10.6. The lowest BCUT2D eigenvalue weighted by Crippen LogP contribution is -2.32. The molecule has 3 rings (SSSR count). The van der Waals surface area contributed by atoms with Gasteiger partial charge in [0.1, 0.15) is 11.5 Å². The fourth-order valence-corrected chi connectivity index (χ4v) is 3.20. The molecule has 0 spiro atoms. The van der Waals surface area contributed by atoms with Gasteiger partial charge in [-0.25, -0.2) is 0 Å². The minimum absolute atomic E-state index is 0.130. The van der Waals surface area contributed by atoms with E-state index in [-0.39, 0.29) is 11.9 Å². The highest BCUT2D eigenvalue weighted by Gasteiger charge is 2.30. The highest BCUT2D eigenvalue weighted by molar-refractivity contribution is 5.80. The van der Waals surface area contributed by atoms with Crippen molar-refractivity contribution in [1.29, 1.82) is 0 Å². The first-order valence-corrected chi connectivity index (χ1v) is 7.86. The van der Waals surface area contributed by atoms with Gasteiger partial charge < -0.3 is 19.4 Å². The third-order valence-corrected chi connectivity index (χ3v) is 4.39. The van der Waals surface area contributed by atoms with Crippen LogP contribution in [-0.4, -0.2) is 36.6 Å². The summed E-state index contributed by atoms with van der Waals surface area (Å²) in [5, 5.41) is 0. The molecular formula is C18H22N2O3. The van der Waals surface area contributed by atoms with Gasteiger partial charge >= 0.3 is 0 Å². The summed E-state index contributed by atoms with van der Waals surface area (Å²) >= 11 is 0. The van der Waals surface area contributed by atoms with Crippen LogP contribution in [0.3, 0.4) is 0 Å². The van der Waals surface area contributed by atoms with Gasteiger partial charge in [-0.05, 0) is 31.0 Å². The van der Waals surface area contributed by atoms with Crippen LogP contribution >= 0.6 is 0 Å². The molecule has 1 aliphatic rings. The second kappa shape index (κ2) is 6.77. The van der Waals surface area contributed by atoms with Crippen LogP contribution in [0.2, 0.25) is 0 Å². The molecule has 1 amide bonds. The van der Waals surface area contributed by atoms with E-state index in [0.29, 0.717) is 12.2 Å². The second-order valence-corrected chi connectivity index (χ2v) is 5.73. The number of amides is 1. The number of hydrogen-bond donors (Lipinski definition) is 1. The molecule has 23 heavy (non-hydrogen) atoms. The molecule has 1 aliphatic heterocycles. The van der Waals surface area contributed by atoms with Crippen molar-refractivity contribution in [3.8, 4) is 11.5 Å². The van der Waals surface area contributed by atoms with Crippen LogP contribution in [0.25, 0.3) is 0 Å². The van der Waals surface area contributed by atoms with E-state index in [1.165, 1.54) is 0 Å². The average molecular weight is 314 g/mol. The van der Waals surface area contributed by atoms with E-state index in [0.717, 1.165) is 36.4 Å². The number of carbonyl (C=O) groups excluding carboxylic acids is 1. The lowest BCUT2D eigenvalue weighted by molar-refractivity contribution is -0.131.